The van der Waals surface area contributed by atoms with Gasteiger partial charge < -0.3 is 10.1 Å². The van der Waals surface area contributed by atoms with Crippen molar-refractivity contribution < 1.29 is 17.9 Å². The molecule has 9 heteroatoms. The van der Waals surface area contributed by atoms with Gasteiger partial charge in [-0.3, -0.25) is 10.1 Å². The van der Waals surface area contributed by atoms with E-state index in [4.69, 9.17) is 4.74 Å². The van der Waals surface area contributed by atoms with E-state index in [0.717, 1.165) is 17.7 Å². The maximum absolute atomic E-state index is 12.9. The van der Waals surface area contributed by atoms with E-state index in [1.165, 1.54) is 12.1 Å². The molecule has 0 amide bonds. The Morgan fingerprint density at radius 1 is 1.00 bits per heavy atom. The zero-order valence-corrected chi connectivity index (χ0v) is 15.7. The first-order valence-corrected chi connectivity index (χ1v) is 8.94. The first kappa shape index (κ1) is 19.4. The SMILES string of the molecule is Cc1ccc(-c2nc(Nc3cccc(C(F)(F)F)c3)n[nH]2)cc1Oc1ccncc1. The fourth-order valence-corrected chi connectivity index (χ4v) is 2.74. The highest BCUT2D eigenvalue weighted by Crippen LogP contribution is 2.32. The molecule has 6 nitrogen and oxygen atoms in total. The summed E-state index contributed by atoms with van der Waals surface area (Å²) in [6, 6.07) is 13.9. The lowest BCUT2D eigenvalue weighted by molar-refractivity contribution is -0.137. The summed E-state index contributed by atoms with van der Waals surface area (Å²) in [5.41, 5.74) is 1.13. The minimum absolute atomic E-state index is 0.154. The molecule has 2 heterocycles. The van der Waals surface area contributed by atoms with E-state index in [2.05, 4.69) is 25.5 Å². The van der Waals surface area contributed by atoms with Gasteiger partial charge in [-0.15, -0.1) is 5.10 Å². The predicted octanol–water partition coefficient (Wildman–Crippen LogP) is 5.73. The van der Waals surface area contributed by atoms with E-state index in [1.807, 2.05) is 25.1 Å². The van der Waals surface area contributed by atoms with Crippen molar-refractivity contribution in [3.05, 3.63) is 78.1 Å². The Labute approximate surface area is 169 Å². The van der Waals surface area contributed by atoms with Crippen LogP contribution < -0.4 is 10.1 Å². The summed E-state index contributed by atoms with van der Waals surface area (Å²) in [7, 11) is 0. The van der Waals surface area contributed by atoms with Crippen LogP contribution in [0.1, 0.15) is 11.1 Å². The van der Waals surface area contributed by atoms with Crippen LogP contribution in [0.3, 0.4) is 0 Å². The van der Waals surface area contributed by atoms with Crippen LogP contribution in [0.15, 0.2) is 67.0 Å². The molecule has 0 aliphatic rings. The Morgan fingerprint density at radius 2 is 1.80 bits per heavy atom. The number of hydrogen-bond acceptors (Lipinski definition) is 5. The molecule has 4 rings (SSSR count). The minimum Gasteiger partial charge on any atom is -0.457 e. The van der Waals surface area contributed by atoms with Gasteiger partial charge in [-0.2, -0.15) is 18.2 Å². The molecule has 0 saturated carbocycles. The maximum Gasteiger partial charge on any atom is 0.416 e. The number of rotatable bonds is 5. The van der Waals surface area contributed by atoms with Crippen LogP contribution in [-0.4, -0.2) is 20.2 Å². The zero-order chi connectivity index (χ0) is 21.1. The summed E-state index contributed by atoms with van der Waals surface area (Å²) in [5, 5.41) is 9.61. The molecular formula is C21H16F3N5O. The number of ether oxygens (including phenoxy) is 1. The van der Waals surface area contributed by atoms with Crippen molar-refractivity contribution >= 4 is 11.6 Å². The standard InChI is InChI=1S/C21H16F3N5O/c1-13-5-6-14(11-18(13)30-17-7-9-25-10-8-17)19-27-20(29-28-19)26-16-4-2-3-15(12-16)21(22,23)24/h2-12H,1H3,(H2,26,27,28,29). The fourth-order valence-electron chi connectivity index (χ4n) is 2.74. The number of nitrogens with one attached hydrogen (secondary N) is 2. The molecule has 4 aromatic rings. The second-order valence-electron chi connectivity index (χ2n) is 6.48. The van der Waals surface area contributed by atoms with Gasteiger partial charge in [0.15, 0.2) is 5.82 Å². The van der Waals surface area contributed by atoms with Gasteiger partial charge in [0.1, 0.15) is 11.5 Å². The van der Waals surface area contributed by atoms with Crippen LogP contribution in [0, 0.1) is 6.92 Å². The highest BCUT2D eigenvalue weighted by Gasteiger charge is 2.30. The summed E-state index contributed by atoms with van der Waals surface area (Å²) in [6.45, 7) is 1.92. The molecule has 0 spiro atoms. The second kappa shape index (κ2) is 7.86. The van der Waals surface area contributed by atoms with Gasteiger partial charge in [0.2, 0.25) is 5.95 Å². The molecule has 0 fully saturated rings. The molecule has 152 valence electrons. The van der Waals surface area contributed by atoms with Gasteiger partial charge in [-0.05, 0) is 48.9 Å². The van der Waals surface area contributed by atoms with Crippen molar-refractivity contribution in [1.29, 1.82) is 0 Å². The summed E-state index contributed by atoms with van der Waals surface area (Å²) in [5.74, 6) is 1.89. The molecule has 0 bridgehead atoms. The third kappa shape index (κ3) is 4.40. The Balaban J connectivity index is 1.55. The van der Waals surface area contributed by atoms with E-state index in [1.54, 1.807) is 24.5 Å². The molecule has 30 heavy (non-hydrogen) atoms. The van der Waals surface area contributed by atoms with Crippen LogP contribution in [0.4, 0.5) is 24.8 Å². The average Bonchev–Trinajstić information content (AvgIpc) is 3.18. The number of anilines is 2. The third-order valence-electron chi connectivity index (χ3n) is 4.27. The summed E-state index contributed by atoms with van der Waals surface area (Å²) < 4.78 is 44.5. The Hall–Kier alpha value is -3.88. The van der Waals surface area contributed by atoms with Crippen molar-refractivity contribution in [3.63, 3.8) is 0 Å². The highest BCUT2D eigenvalue weighted by atomic mass is 19.4. The monoisotopic (exact) mass is 411 g/mol. The Morgan fingerprint density at radius 3 is 2.57 bits per heavy atom. The molecule has 0 radical (unpaired) electrons. The van der Waals surface area contributed by atoms with E-state index >= 15 is 0 Å². The van der Waals surface area contributed by atoms with Crippen molar-refractivity contribution in [2.75, 3.05) is 5.32 Å². The van der Waals surface area contributed by atoms with Crippen LogP contribution in [-0.2, 0) is 6.18 Å². The van der Waals surface area contributed by atoms with E-state index in [-0.39, 0.29) is 11.6 Å². The van der Waals surface area contributed by atoms with Gasteiger partial charge in [-0.1, -0.05) is 18.2 Å². The predicted molar refractivity (Wildman–Crippen MR) is 106 cm³/mol. The molecule has 0 unspecified atom stereocenters. The molecular weight excluding hydrogens is 395 g/mol. The number of aromatic amines is 1. The van der Waals surface area contributed by atoms with Gasteiger partial charge in [0.05, 0.1) is 5.56 Å². The quantitative estimate of drug-likeness (QED) is 0.439. The zero-order valence-electron chi connectivity index (χ0n) is 15.7. The van der Waals surface area contributed by atoms with E-state index in [9.17, 15) is 13.2 Å². The van der Waals surface area contributed by atoms with Gasteiger partial charge >= 0.3 is 6.18 Å². The summed E-state index contributed by atoms with van der Waals surface area (Å²) in [6.07, 6.45) is -1.15. The normalized spacial score (nSPS) is 11.3. The van der Waals surface area contributed by atoms with Crippen molar-refractivity contribution in [3.8, 4) is 22.9 Å². The van der Waals surface area contributed by atoms with Crippen LogP contribution in [0.25, 0.3) is 11.4 Å². The molecule has 0 atom stereocenters. The Kier molecular flexibility index (Phi) is 5.09. The molecule has 0 saturated heterocycles. The number of halogens is 3. The topological polar surface area (TPSA) is 75.7 Å². The van der Waals surface area contributed by atoms with Gasteiger partial charge in [0, 0.05) is 23.6 Å². The van der Waals surface area contributed by atoms with Crippen LogP contribution in [0.2, 0.25) is 0 Å². The lowest BCUT2D eigenvalue weighted by Crippen LogP contribution is -2.05. The molecule has 2 N–H and O–H groups in total. The first-order valence-electron chi connectivity index (χ1n) is 8.94. The smallest absolute Gasteiger partial charge is 0.416 e. The number of hydrogen-bond donors (Lipinski definition) is 2. The van der Waals surface area contributed by atoms with Crippen molar-refractivity contribution in [1.82, 2.24) is 20.2 Å². The average molecular weight is 411 g/mol. The summed E-state index contributed by atoms with van der Waals surface area (Å²) >= 11 is 0. The highest BCUT2D eigenvalue weighted by molar-refractivity contribution is 5.62. The third-order valence-corrected chi connectivity index (χ3v) is 4.27. The van der Waals surface area contributed by atoms with Crippen molar-refractivity contribution in [2.24, 2.45) is 0 Å². The number of aromatic nitrogens is 4. The van der Waals surface area contributed by atoms with E-state index in [0.29, 0.717) is 22.9 Å². The second-order valence-corrected chi connectivity index (χ2v) is 6.48. The number of pyridine rings is 1. The van der Waals surface area contributed by atoms with Crippen LogP contribution in [0.5, 0.6) is 11.5 Å². The largest absolute Gasteiger partial charge is 0.457 e. The first-order chi connectivity index (χ1) is 14.4. The lowest BCUT2D eigenvalue weighted by atomic mass is 10.1. The van der Waals surface area contributed by atoms with Crippen molar-refractivity contribution in [2.45, 2.75) is 13.1 Å². The molecule has 0 aliphatic carbocycles. The number of H-pyrrole nitrogens is 1. The maximum atomic E-state index is 12.9. The Bertz CT molecular complexity index is 1160. The number of aryl methyl sites for hydroxylation is 1. The lowest BCUT2D eigenvalue weighted by Gasteiger charge is -2.09. The fraction of sp³-hybridized carbons (Fsp3) is 0.0952. The number of benzene rings is 2. The molecule has 2 aromatic carbocycles. The number of nitrogens with zero attached hydrogens (tertiary/aromatic N) is 3. The van der Waals surface area contributed by atoms with Gasteiger partial charge in [0.25, 0.3) is 0 Å². The van der Waals surface area contributed by atoms with Gasteiger partial charge in [-0.25, -0.2) is 0 Å². The summed E-state index contributed by atoms with van der Waals surface area (Å²) in [4.78, 5) is 8.28. The number of alkyl halides is 3. The van der Waals surface area contributed by atoms with E-state index < -0.39 is 11.7 Å². The molecule has 2 aromatic heterocycles. The molecule has 0 aliphatic heterocycles. The van der Waals surface area contributed by atoms with Crippen LogP contribution >= 0.6 is 0 Å². The minimum atomic E-state index is -4.42.